The van der Waals surface area contributed by atoms with Crippen molar-refractivity contribution < 1.29 is 9.53 Å². The minimum atomic E-state index is 0.0487. The Bertz CT molecular complexity index is 1090. The molecule has 0 aliphatic carbocycles. The molecule has 3 aromatic carbocycles. The van der Waals surface area contributed by atoms with Crippen molar-refractivity contribution in [3.8, 4) is 5.75 Å². The Morgan fingerprint density at radius 3 is 2.43 bits per heavy atom. The van der Waals surface area contributed by atoms with Gasteiger partial charge in [0.2, 0.25) is 0 Å². The molecule has 3 nitrogen and oxygen atoms in total. The van der Waals surface area contributed by atoms with Crippen molar-refractivity contribution in [2.24, 2.45) is 5.92 Å². The molecule has 0 spiro atoms. The monoisotopic (exact) mass is 461 g/mol. The van der Waals surface area contributed by atoms with Crippen molar-refractivity contribution in [1.29, 1.82) is 0 Å². The van der Waals surface area contributed by atoms with Gasteiger partial charge in [-0.25, -0.2) is 0 Å². The quantitative estimate of drug-likeness (QED) is 0.388. The molecule has 152 valence electrons. The summed E-state index contributed by atoms with van der Waals surface area (Å²) in [7, 11) is 0. The summed E-state index contributed by atoms with van der Waals surface area (Å²) in [4.78, 5) is 15.1. The molecular weight excluding hydrogens is 438 g/mol. The third-order valence-electron chi connectivity index (χ3n) is 5.03. The first-order valence-electron chi connectivity index (χ1n) is 10.1. The molecule has 0 aromatic heterocycles. The molecule has 0 N–H and O–H groups in total. The molecule has 3 aromatic rings. The number of halogens is 1. The molecule has 1 heterocycles. The van der Waals surface area contributed by atoms with Gasteiger partial charge in [0.05, 0.1) is 5.69 Å². The fourth-order valence-corrected chi connectivity index (χ4v) is 3.89. The van der Waals surface area contributed by atoms with Crippen LogP contribution in [0.2, 0.25) is 0 Å². The molecular formula is C26H24BrNO2. The highest BCUT2D eigenvalue weighted by atomic mass is 79.9. The Labute approximate surface area is 186 Å². The van der Waals surface area contributed by atoms with E-state index in [1.807, 2.05) is 83.8 Å². The first-order chi connectivity index (χ1) is 14.5. The molecule has 0 unspecified atom stereocenters. The van der Waals surface area contributed by atoms with E-state index in [9.17, 15) is 4.79 Å². The normalized spacial score (nSPS) is 14.5. The van der Waals surface area contributed by atoms with Crippen LogP contribution in [0.25, 0.3) is 11.6 Å². The van der Waals surface area contributed by atoms with Gasteiger partial charge < -0.3 is 9.64 Å². The van der Waals surface area contributed by atoms with Gasteiger partial charge in [0.15, 0.2) is 0 Å². The molecule has 30 heavy (non-hydrogen) atoms. The van der Waals surface area contributed by atoms with Gasteiger partial charge in [0.25, 0.3) is 5.91 Å². The lowest BCUT2D eigenvalue weighted by Gasteiger charge is -2.19. The molecule has 1 aliphatic rings. The van der Waals surface area contributed by atoms with Crippen LogP contribution in [0.4, 0.5) is 5.69 Å². The van der Waals surface area contributed by atoms with E-state index in [-0.39, 0.29) is 5.91 Å². The van der Waals surface area contributed by atoms with Crippen LogP contribution in [0.1, 0.15) is 30.5 Å². The number of para-hydroxylation sites is 2. The molecule has 4 heteroatoms. The minimum Gasteiger partial charge on any atom is -0.488 e. The lowest BCUT2D eigenvalue weighted by atomic mass is 10.0. The van der Waals surface area contributed by atoms with E-state index >= 15 is 0 Å². The lowest BCUT2D eigenvalue weighted by Crippen LogP contribution is -2.30. The SMILES string of the molecule is CC(C)CN1C(=O)/C(=C\c2ccccc2OCc2ccc(Br)cc2)c2ccccc21. The van der Waals surface area contributed by atoms with E-state index in [1.54, 1.807) is 0 Å². The summed E-state index contributed by atoms with van der Waals surface area (Å²) in [5.41, 5.74) is 4.66. The highest BCUT2D eigenvalue weighted by molar-refractivity contribution is 9.10. The maximum absolute atomic E-state index is 13.2. The Morgan fingerprint density at radius 1 is 0.967 bits per heavy atom. The van der Waals surface area contributed by atoms with Crippen molar-refractivity contribution in [3.63, 3.8) is 0 Å². The number of hydrogen-bond acceptors (Lipinski definition) is 2. The number of fused-ring (bicyclic) bond motifs is 1. The first-order valence-corrected chi connectivity index (χ1v) is 10.9. The van der Waals surface area contributed by atoms with Crippen LogP contribution in [0.3, 0.4) is 0 Å². The van der Waals surface area contributed by atoms with Crippen LogP contribution < -0.4 is 9.64 Å². The molecule has 4 rings (SSSR count). The summed E-state index contributed by atoms with van der Waals surface area (Å²) in [5.74, 6) is 1.20. The average molecular weight is 462 g/mol. The molecule has 0 bridgehead atoms. The smallest absolute Gasteiger partial charge is 0.259 e. The van der Waals surface area contributed by atoms with Gasteiger partial charge in [0, 0.05) is 27.7 Å². The summed E-state index contributed by atoms with van der Waals surface area (Å²) >= 11 is 3.46. The van der Waals surface area contributed by atoms with Gasteiger partial charge in [-0.2, -0.15) is 0 Å². The van der Waals surface area contributed by atoms with Gasteiger partial charge in [0.1, 0.15) is 12.4 Å². The molecule has 0 saturated carbocycles. The Kier molecular flexibility index (Phi) is 6.05. The Morgan fingerprint density at radius 2 is 1.67 bits per heavy atom. The zero-order valence-electron chi connectivity index (χ0n) is 17.1. The van der Waals surface area contributed by atoms with Crippen molar-refractivity contribution in [2.45, 2.75) is 20.5 Å². The summed E-state index contributed by atoms with van der Waals surface area (Å²) in [6.45, 7) is 5.43. The number of nitrogens with zero attached hydrogens (tertiary/aromatic N) is 1. The largest absolute Gasteiger partial charge is 0.488 e. The van der Waals surface area contributed by atoms with Gasteiger partial charge in [-0.15, -0.1) is 0 Å². The van der Waals surface area contributed by atoms with Crippen LogP contribution >= 0.6 is 15.9 Å². The fraction of sp³-hybridized carbons (Fsp3) is 0.192. The average Bonchev–Trinajstić information content (AvgIpc) is 3.00. The van der Waals surface area contributed by atoms with Gasteiger partial charge in [-0.05, 0) is 41.8 Å². The van der Waals surface area contributed by atoms with Crippen molar-refractivity contribution >= 4 is 39.2 Å². The second kappa shape index (κ2) is 8.88. The number of carbonyl (C=O) groups excluding carboxylic acids is 1. The maximum Gasteiger partial charge on any atom is 0.259 e. The van der Waals surface area contributed by atoms with E-state index in [4.69, 9.17) is 4.74 Å². The van der Waals surface area contributed by atoms with Gasteiger partial charge in [-0.1, -0.05) is 78.3 Å². The third-order valence-corrected chi connectivity index (χ3v) is 5.56. The maximum atomic E-state index is 13.2. The number of carbonyl (C=O) groups is 1. The number of anilines is 1. The Hall–Kier alpha value is -2.85. The molecule has 0 fully saturated rings. The standard InChI is InChI=1S/C26H24BrNO2/c1-18(2)16-28-24-9-5-4-8-22(24)23(26(28)29)15-20-7-3-6-10-25(20)30-17-19-11-13-21(27)14-12-19/h3-15,18H,16-17H2,1-2H3/b23-15-. The predicted molar refractivity (Wildman–Crippen MR) is 126 cm³/mol. The second-order valence-corrected chi connectivity index (χ2v) is 8.75. The minimum absolute atomic E-state index is 0.0487. The van der Waals surface area contributed by atoms with E-state index in [0.29, 0.717) is 24.6 Å². The molecule has 1 amide bonds. The van der Waals surface area contributed by atoms with E-state index < -0.39 is 0 Å². The predicted octanol–water partition coefficient (Wildman–Crippen LogP) is 6.57. The van der Waals surface area contributed by atoms with Gasteiger partial charge >= 0.3 is 0 Å². The first kappa shape index (κ1) is 20.4. The molecule has 1 aliphatic heterocycles. The van der Waals surface area contributed by atoms with Crippen LogP contribution in [-0.4, -0.2) is 12.5 Å². The van der Waals surface area contributed by atoms with E-state index in [2.05, 4.69) is 29.8 Å². The fourth-order valence-electron chi connectivity index (χ4n) is 3.62. The topological polar surface area (TPSA) is 29.5 Å². The number of rotatable bonds is 6. The summed E-state index contributed by atoms with van der Waals surface area (Å²) < 4.78 is 7.15. The number of benzene rings is 3. The lowest BCUT2D eigenvalue weighted by molar-refractivity contribution is -0.113. The molecule has 0 saturated heterocycles. The summed E-state index contributed by atoms with van der Waals surface area (Å²) in [6.07, 6.45) is 1.96. The van der Waals surface area contributed by atoms with Crippen molar-refractivity contribution in [3.05, 3.63) is 94.0 Å². The highest BCUT2D eigenvalue weighted by Gasteiger charge is 2.32. The van der Waals surface area contributed by atoms with Crippen LogP contribution in [0.5, 0.6) is 5.75 Å². The van der Waals surface area contributed by atoms with Crippen LogP contribution in [0, 0.1) is 5.92 Å². The van der Waals surface area contributed by atoms with Crippen molar-refractivity contribution in [1.82, 2.24) is 0 Å². The summed E-state index contributed by atoms with van der Waals surface area (Å²) in [5, 5.41) is 0. The number of amides is 1. The zero-order valence-corrected chi connectivity index (χ0v) is 18.7. The number of ether oxygens (including phenoxy) is 1. The van der Waals surface area contributed by atoms with Crippen LogP contribution in [0.15, 0.2) is 77.3 Å². The Balaban J connectivity index is 1.65. The second-order valence-electron chi connectivity index (χ2n) is 7.84. The molecule has 0 radical (unpaired) electrons. The zero-order chi connectivity index (χ0) is 21.1. The van der Waals surface area contributed by atoms with Gasteiger partial charge in [-0.3, -0.25) is 4.79 Å². The van der Waals surface area contributed by atoms with E-state index in [0.717, 1.165) is 32.6 Å². The molecule has 0 atom stereocenters. The summed E-state index contributed by atoms with van der Waals surface area (Å²) in [6, 6.07) is 23.9. The third kappa shape index (κ3) is 4.34. The highest BCUT2D eigenvalue weighted by Crippen LogP contribution is 2.39. The van der Waals surface area contributed by atoms with E-state index in [1.165, 1.54) is 0 Å². The van der Waals surface area contributed by atoms with Crippen LogP contribution in [-0.2, 0) is 11.4 Å². The number of hydrogen-bond donors (Lipinski definition) is 0. The van der Waals surface area contributed by atoms with Crippen molar-refractivity contribution in [2.75, 3.05) is 11.4 Å².